The Morgan fingerprint density at radius 3 is 2.36 bits per heavy atom. The minimum absolute atomic E-state index is 0.0147. The number of hydrogen-bond acceptors (Lipinski definition) is 9. The van der Waals surface area contributed by atoms with Crippen LogP contribution in [-0.2, 0) is 27.5 Å². The monoisotopic (exact) mass is 764 g/mol. The summed E-state index contributed by atoms with van der Waals surface area (Å²) in [6.07, 6.45) is 3.98. The number of carbonyl (C=O) groups excluding carboxylic acids is 4. The summed E-state index contributed by atoms with van der Waals surface area (Å²) in [5.74, 6) is -0.0108. The number of amides is 5. The number of allylic oxidation sites excluding steroid dienone is 1. The highest BCUT2D eigenvalue weighted by Gasteiger charge is 2.43. The summed E-state index contributed by atoms with van der Waals surface area (Å²) in [6, 6.07) is 5.71. The van der Waals surface area contributed by atoms with E-state index in [4.69, 9.17) is 15.9 Å². The predicted octanol–water partition coefficient (Wildman–Crippen LogP) is 3.32. The van der Waals surface area contributed by atoms with E-state index in [9.17, 15) is 32.3 Å². The molecule has 13 nitrogen and oxygen atoms in total. The number of nitrogens with one attached hydrogen (secondary N) is 5. The van der Waals surface area contributed by atoms with Crippen LogP contribution in [0, 0.1) is 5.41 Å². The molecule has 292 valence electrons. The van der Waals surface area contributed by atoms with Gasteiger partial charge in [0.25, 0.3) is 5.91 Å². The highest BCUT2D eigenvalue weighted by atomic mass is 32.2. The van der Waals surface area contributed by atoms with Crippen molar-refractivity contribution in [1.29, 1.82) is 5.41 Å². The van der Waals surface area contributed by atoms with Gasteiger partial charge in [-0.25, -0.2) is 4.79 Å². The molecule has 3 fully saturated rings. The van der Waals surface area contributed by atoms with Crippen LogP contribution in [-0.4, -0.2) is 108 Å². The number of carbonyl (C=O) groups is 4. The number of urea groups is 1. The minimum Gasteiger partial charge on any atom is -0.490 e. The minimum atomic E-state index is -4.97. The quantitative estimate of drug-likeness (QED) is 0.0537. The summed E-state index contributed by atoms with van der Waals surface area (Å²) in [5, 5.41) is 19.9. The fourth-order valence-corrected chi connectivity index (χ4v) is 8.95. The van der Waals surface area contributed by atoms with Crippen LogP contribution >= 0.6 is 11.8 Å². The van der Waals surface area contributed by atoms with Crippen molar-refractivity contribution in [3.05, 3.63) is 40.6 Å². The van der Waals surface area contributed by atoms with Gasteiger partial charge in [0.05, 0.1) is 24.3 Å². The van der Waals surface area contributed by atoms with Crippen LogP contribution in [0.25, 0.3) is 0 Å². The Balaban J connectivity index is 0.880. The lowest BCUT2D eigenvalue weighted by molar-refractivity contribution is -0.129. The van der Waals surface area contributed by atoms with Crippen LogP contribution in [0.1, 0.15) is 75.3 Å². The third-order valence-electron chi connectivity index (χ3n) is 10.2. The zero-order valence-electron chi connectivity index (χ0n) is 29.9. The first-order chi connectivity index (χ1) is 25.4. The van der Waals surface area contributed by atoms with Gasteiger partial charge in [0, 0.05) is 62.9 Å². The van der Waals surface area contributed by atoms with E-state index in [1.54, 1.807) is 18.2 Å². The molecule has 5 rings (SSSR count). The number of rotatable bonds is 19. The second-order valence-electron chi connectivity index (χ2n) is 14.1. The number of likely N-dealkylation sites (tertiary alicyclic amines) is 1. The summed E-state index contributed by atoms with van der Waals surface area (Å²) >= 11 is 1.89. The number of halogens is 3. The number of hydrogen-bond donors (Lipinski definition) is 6. The average molecular weight is 765 g/mol. The third-order valence-corrected chi connectivity index (χ3v) is 11.7. The van der Waals surface area contributed by atoms with Crippen LogP contribution < -0.4 is 31.7 Å². The number of piperidine rings is 1. The molecule has 5 amide bonds. The maximum absolute atomic E-state index is 13.5. The van der Waals surface area contributed by atoms with Crippen molar-refractivity contribution in [2.45, 2.75) is 107 Å². The lowest BCUT2D eigenvalue weighted by Crippen LogP contribution is -2.43. The first-order valence-corrected chi connectivity index (χ1v) is 19.6. The van der Waals surface area contributed by atoms with Gasteiger partial charge in [-0.15, -0.1) is 0 Å². The maximum atomic E-state index is 13.5. The van der Waals surface area contributed by atoms with Crippen LogP contribution in [0.5, 0.6) is 5.75 Å². The van der Waals surface area contributed by atoms with Crippen molar-refractivity contribution in [3.63, 3.8) is 0 Å². The van der Waals surface area contributed by atoms with Crippen LogP contribution in [0.15, 0.2) is 29.5 Å². The average Bonchev–Trinajstić information content (AvgIpc) is 3.80. The zero-order valence-corrected chi connectivity index (χ0v) is 30.7. The molecule has 1 aromatic rings. The molecule has 0 spiro atoms. The molecule has 4 heterocycles. The molecule has 1 aromatic carbocycles. The predicted molar refractivity (Wildman–Crippen MR) is 195 cm³/mol. The lowest BCUT2D eigenvalue weighted by Gasteiger charge is -2.31. The van der Waals surface area contributed by atoms with E-state index in [0.717, 1.165) is 74.7 Å². The van der Waals surface area contributed by atoms with Crippen LogP contribution in [0.4, 0.5) is 18.0 Å². The molecule has 3 atom stereocenters. The van der Waals surface area contributed by atoms with Crippen molar-refractivity contribution in [1.82, 2.24) is 31.1 Å². The molecular formula is C36H51F3N8O5S. The van der Waals surface area contributed by atoms with Gasteiger partial charge in [-0.2, -0.15) is 24.9 Å². The number of nitrogens with two attached hydrogens (primary N) is 1. The summed E-state index contributed by atoms with van der Waals surface area (Å²) < 4.78 is 46.6. The van der Waals surface area contributed by atoms with E-state index in [1.807, 2.05) is 11.8 Å². The lowest BCUT2D eigenvalue weighted by atomic mass is 10.0. The second-order valence-corrected chi connectivity index (χ2v) is 15.4. The molecule has 7 N–H and O–H groups in total. The van der Waals surface area contributed by atoms with Gasteiger partial charge in [0.15, 0.2) is 0 Å². The second kappa shape index (κ2) is 18.9. The molecular weight excluding hydrogens is 714 g/mol. The van der Waals surface area contributed by atoms with E-state index in [-0.39, 0.29) is 49.1 Å². The van der Waals surface area contributed by atoms with E-state index in [1.165, 1.54) is 4.90 Å². The first kappa shape index (κ1) is 40.2. The molecule has 0 saturated carbocycles. The number of nitrogens with zero attached hydrogens (tertiary/aromatic N) is 2. The van der Waals surface area contributed by atoms with Gasteiger partial charge < -0.3 is 42.0 Å². The van der Waals surface area contributed by atoms with Crippen molar-refractivity contribution >= 4 is 41.7 Å². The number of alkyl halides is 3. The van der Waals surface area contributed by atoms with Gasteiger partial charge in [-0.3, -0.25) is 19.3 Å². The zero-order chi connectivity index (χ0) is 38.0. The number of benzene rings is 1. The molecule has 0 aromatic heterocycles. The largest absolute Gasteiger partial charge is 0.490 e. The Morgan fingerprint density at radius 2 is 1.68 bits per heavy atom. The standard InChI is InChI=1S/C36H51F3N8O5S/c37-36(38,39)32(34(41)50)28(18-40)47-19-23-9-10-26(17-24(23)20-47)52-25-11-15-46(16-12-25)21-31(49)43-14-6-2-1-5-13-42-30(48)8-4-3-7-29-33-27(22-53-29)44-35(51)45-33/h9-10,17-18,25,27,29,33,40H,1-8,11-16,19-22H2,(H2,41,50)(H,42,48)(H,43,49)(H2,44,45,51)/b32-28-,40-18?/t27-,29?,33-/m0/s1. The van der Waals surface area contributed by atoms with Crippen molar-refractivity contribution in [2.75, 3.05) is 38.5 Å². The van der Waals surface area contributed by atoms with Gasteiger partial charge in [0.2, 0.25) is 11.8 Å². The van der Waals surface area contributed by atoms with Crippen molar-refractivity contribution in [2.24, 2.45) is 5.73 Å². The Hall–Kier alpha value is -3.99. The Labute approximate surface area is 312 Å². The van der Waals surface area contributed by atoms with Gasteiger partial charge in [0.1, 0.15) is 17.4 Å². The molecule has 4 aliphatic heterocycles. The van der Waals surface area contributed by atoms with Gasteiger partial charge in [-0.1, -0.05) is 25.3 Å². The highest BCUT2D eigenvalue weighted by molar-refractivity contribution is 8.00. The molecule has 0 bridgehead atoms. The normalized spacial score (nSPS) is 22.0. The number of fused-ring (bicyclic) bond motifs is 2. The topological polar surface area (TPSA) is 182 Å². The van der Waals surface area contributed by atoms with Crippen LogP contribution in [0.3, 0.4) is 0 Å². The molecule has 17 heteroatoms. The molecule has 3 saturated heterocycles. The highest BCUT2D eigenvalue weighted by Crippen LogP contribution is 2.35. The van der Waals surface area contributed by atoms with E-state index < -0.39 is 23.4 Å². The summed E-state index contributed by atoms with van der Waals surface area (Å²) in [4.78, 5) is 51.2. The molecule has 0 radical (unpaired) electrons. The molecule has 4 aliphatic rings. The van der Waals surface area contributed by atoms with E-state index in [0.29, 0.717) is 56.4 Å². The Bertz CT molecular complexity index is 1520. The molecule has 1 unspecified atom stereocenters. The first-order valence-electron chi connectivity index (χ1n) is 18.5. The van der Waals surface area contributed by atoms with E-state index in [2.05, 4.69) is 26.2 Å². The molecule has 53 heavy (non-hydrogen) atoms. The number of unbranched alkanes of at least 4 members (excludes halogenated alkanes) is 4. The smallest absolute Gasteiger partial charge is 0.423 e. The van der Waals surface area contributed by atoms with E-state index >= 15 is 0 Å². The summed E-state index contributed by atoms with van der Waals surface area (Å²) in [6.45, 7) is 3.17. The van der Waals surface area contributed by atoms with Crippen LogP contribution in [0.2, 0.25) is 0 Å². The third kappa shape index (κ3) is 11.5. The number of ether oxygens (including phenoxy) is 1. The SMILES string of the molecule is N=C/C(=C(\C(N)=O)C(F)(F)F)N1Cc2ccc(OC3CCN(CC(=O)NCCCCCCNC(=O)CCCCC4SC[C@@H]5NC(=O)N[C@H]45)CC3)cc2C1. The Morgan fingerprint density at radius 1 is 0.981 bits per heavy atom. The number of thioether (sulfide) groups is 1. The fraction of sp³-hybridized carbons (Fsp3) is 0.639. The summed E-state index contributed by atoms with van der Waals surface area (Å²) in [7, 11) is 0. The maximum Gasteiger partial charge on any atom is 0.423 e. The van der Waals surface area contributed by atoms with Crippen molar-refractivity contribution in [3.8, 4) is 5.75 Å². The fourth-order valence-electron chi connectivity index (χ4n) is 7.41. The number of primary amides is 1. The summed E-state index contributed by atoms with van der Waals surface area (Å²) in [5.41, 5.74) is 4.45. The van der Waals surface area contributed by atoms with Gasteiger partial charge in [-0.05, 0) is 61.8 Å². The van der Waals surface area contributed by atoms with Gasteiger partial charge >= 0.3 is 12.2 Å². The van der Waals surface area contributed by atoms with Crippen molar-refractivity contribution < 1.29 is 37.1 Å². The Kier molecular flexibility index (Phi) is 14.3. The molecule has 0 aliphatic carbocycles.